The molecule has 24 heavy (non-hydrogen) atoms. The van der Waals surface area contributed by atoms with E-state index in [9.17, 15) is 9.59 Å². The number of aryl methyl sites for hydroxylation is 1. The maximum absolute atomic E-state index is 12.5. The van der Waals surface area contributed by atoms with Crippen LogP contribution in [0.25, 0.3) is 0 Å². The van der Waals surface area contributed by atoms with Crippen molar-refractivity contribution >= 4 is 11.8 Å². The van der Waals surface area contributed by atoms with Crippen molar-refractivity contribution in [2.45, 2.75) is 53.0 Å². The standard InChI is InChI=1S/C20H25NO3/c1-13-11-21(16-9-20(2,3)10-17(22)18(13)16)12-14-5-7-15(8-6-14)19(23)24-4/h5,7,11H,6,8-10,12H2,1-4H3. The first-order valence-electron chi connectivity index (χ1n) is 8.49. The van der Waals surface area contributed by atoms with Crippen LogP contribution in [0, 0.1) is 12.3 Å². The van der Waals surface area contributed by atoms with Gasteiger partial charge < -0.3 is 9.30 Å². The molecule has 1 heterocycles. The van der Waals surface area contributed by atoms with E-state index in [1.165, 1.54) is 12.7 Å². The highest BCUT2D eigenvalue weighted by atomic mass is 16.5. The summed E-state index contributed by atoms with van der Waals surface area (Å²) in [6, 6.07) is 0. The lowest BCUT2D eigenvalue weighted by atomic mass is 9.75. The highest BCUT2D eigenvalue weighted by Crippen LogP contribution is 2.37. The van der Waals surface area contributed by atoms with Gasteiger partial charge in [0.25, 0.3) is 0 Å². The third kappa shape index (κ3) is 3.10. The van der Waals surface area contributed by atoms with Gasteiger partial charge in [0.15, 0.2) is 5.78 Å². The van der Waals surface area contributed by atoms with E-state index in [2.05, 4.69) is 24.6 Å². The summed E-state index contributed by atoms with van der Waals surface area (Å²) in [6.07, 6.45) is 9.10. The topological polar surface area (TPSA) is 48.3 Å². The monoisotopic (exact) mass is 327 g/mol. The summed E-state index contributed by atoms with van der Waals surface area (Å²) < 4.78 is 7.00. The number of ether oxygens (including phenoxy) is 1. The van der Waals surface area contributed by atoms with Crippen LogP contribution in [0.15, 0.2) is 29.5 Å². The summed E-state index contributed by atoms with van der Waals surface area (Å²) in [7, 11) is 1.41. The molecule has 0 N–H and O–H groups in total. The molecule has 2 aliphatic rings. The minimum atomic E-state index is -0.244. The average Bonchev–Trinajstić information content (AvgIpc) is 2.81. The molecular formula is C20H25NO3. The van der Waals surface area contributed by atoms with E-state index < -0.39 is 0 Å². The second kappa shape index (κ2) is 6.08. The minimum Gasteiger partial charge on any atom is -0.466 e. The Hall–Kier alpha value is -2.10. The largest absolute Gasteiger partial charge is 0.466 e. The van der Waals surface area contributed by atoms with Crippen LogP contribution in [0.5, 0.6) is 0 Å². The number of esters is 1. The quantitative estimate of drug-likeness (QED) is 0.794. The molecule has 2 aliphatic carbocycles. The maximum atomic E-state index is 12.5. The lowest BCUT2D eigenvalue weighted by Gasteiger charge is -2.30. The number of nitrogens with zero attached hydrogens (tertiary/aromatic N) is 1. The van der Waals surface area contributed by atoms with Crippen LogP contribution in [0.1, 0.15) is 54.7 Å². The van der Waals surface area contributed by atoms with Crippen molar-refractivity contribution in [1.82, 2.24) is 4.57 Å². The number of hydrogen-bond acceptors (Lipinski definition) is 3. The number of methoxy groups -OCH3 is 1. The van der Waals surface area contributed by atoms with Gasteiger partial charge in [0.1, 0.15) is 0 Å². The predicted octanol–water partition coefficient (Wildman–Crippen LogP) is 3.77. The molecule has 0 atom stereocenters. The molecule has 0 aromatic carbocycles. The van der Waals surface area contributed by atoms with Crippen molar-refractivity contribution in [3.05, 3.63) is 46.3 Å². The SMILES string of the molecule is COC(=O)C1=CC=C(Cn2cc(C)c3c2CC(C)(C)CC3=O)CC1. The first-order valence-corrected chi connectivity index (χ1v) is 8.49. The van der Waals surface area contributed by atoms with Gasteiger partial charge >= 0.3 is 5.97 Å². The molecule has 0 unspecified atom stereocenters. The van der Waals surface area contributed by atoms with Crippen LogP contribution in [0.3, 0.4) is 0 Å². The van der Waals surface area contributed by atoms with E-state index in [0.29, 0.717) is 12.8 Å². The van der Waals surface area contributed by atoms with E-state index in [1.54, 1.807) is 0 Å². The lowest BCUT2D eigenvalue weighted by Crippen LogP contribution is -2.28. The summed E-state index contributed by atoms with van der Waals surface area (Å²) in [5.41, 5.74) is 5.19. The van der Waals surface area contributed by atoms with Gasteiger partial charge in [-0.2, -0.15) is 0 Å². The number of rotatable bonds is 3. The number of Topliss-reactive ketones (excluding diaryl/α,β-unsaturated/α-hetero) is 1. The number of fused-ring (bicyclic) bond motifs is 1. The van der Waals surface area contributed by atoms with Crippen molar-refractivity contribution < 1.29 is 14.3 Å². The van der Waals surface area contributed by atoms with Gasteiger partial charge in [-0.3, -0.25) is 4.79 Å². The lowest BCUT2D eigenvalue weighted by molar-refractivity contribution is -0.136. The molecule has 128 valence electrons. The summed E-state index contributed by atoms with van der Waals surface area (Å²) in [6.45, 7) is 7.12. The van der Waals surface area contributed by atoms with Gasteiger partial charge in [0.2, 0.25) is 0 Å². The molecule has 0 bridgehead atoms. The molecule has 0 saturated heterocycles. The Kier molecular flexibility index (Phi) is 4.24. The Morgan fingerprint density at radius 3 is 2.62 bits per heavy atom. The number of hydrogen-bond donors (Lipinski definition) is 0. The molecular weight excluding hydrogens is 302 g/mol. The van der Waals surface area contributed by atoms with Gasteiger partial charge in [0.05, 0.1) is 7.11 Å². The van der Waals surface area contributed by atoms with Gasteiger partial charge in [-0.25, -0.2) is 4.79 Å². The number of allylic oxidation sites excluding steroid dienone is 3. The van der Waals surface area contributed by atoms with E-state index in [1.807, 2.05) is 19.1 Å². The van der Waals surface area contributed by atoms with Crippen LogP contribution >= 0.6 is 0 Å². The predicted molar refractivity (Wildman–Crippen MR) is 93.0 cm³/mol. The molecule has 3 rings (SSSR count). The smallest absolute Gasteiger partial charge is 0.333 e. The second-order valence-electron chi connectivity index (χ2n) is 7.71. The fraction of sp³-hybridized carbons (Fsp3) is 0.500. The van der Waals surface area contributed by atoms with E-state index in [-0.39, 0.29) is 17.2 Å². The Morgan fingerprint density at radius 1 is 1.25 bits per heavy atom. The number of ketones is 1. The van der Waals surface area contributed by atoms with E-state index in [0.717, 1.165) is 41.8 Å². The highest BCUT2D eigenvalue weighted by molar-refractivity contribution is 6.00. The number of carbonyl (C=O) groups excluding carboxylic acids is 2. The molecule has 0 spiro atoms. The third-order valence-corrected chi connectivity index (χ3v) is 5.00. The maximum Gasteiger partial charge on any atom is 0.333 e. The van der Waals surface area contributed by atoms with Gasteiger partial charge in [-0.1, -0.05) is 31.6 Å². The Labute approximate surface area is 143 Å². The zero-order chi connectivity index (χ0) is 17.5. The fourth-order valence-corrected chi connectivity index (χ4v) is 3.83. The van der Waals surface area contributed by atoms with Gasteiger partial charge in [-0.05, 0) is 37.2 Å². The Balaban J connectivity index is 1.87. The van der Waals surface area contributed by atoms with Crippen LogP contribution in [-0.4, -0.2) is 23.4 Å². The Morgan fingerprint density at radius 2 is 2.00 bits per heavy atom. The van der Waals surface area contributed by atoms with Crippen LogP contribution in [-0.2, 0) is 22.5 Å². The minimum absolute atomic E-state index is 0.0194. The van der Waals surface area contributed by atoms with Crippen LogP contribution < -0.4 is 0 Å². The highest BCUT2D eigenvalue weighted by Gasteiger charge is 2.34. The van der Waals surface area contributed by atoms with Crippen molar-refractivity contribution in [2.24, 2.45) is 5.41 Å². The molecule has 1 aromatic rings. The summed E-state index contributed by atoms with van der Waals surface area (Å²) in [5, 5.41) is 0. The van der Waals surface area contributed by atoms with Crippen molar-refractivity contribution in [3.63, 3.8) is 0 Å². The van der Waals surface area contributed by atoms with E-state index in [4.69, 9.17) is 4.74 Å². The molecule has 0 radical (unpaired) electrons. The molecule has 0 fully saturated rings. The molecule has 4 heteroatoms. The Bertz CT molecular complexity index is 762. The molecule has 0 amide bonds. The summed E-state index contributed by atoms with van der Waals surface area (Å²) in [4.78, 5) is 24.1. The average molecular weight is 327 g/mol. The zero-order valence-corrected chi connectivity index (χ0v) is 14.9. The number of aromatic nitrogens is 1. The molecule has 0 saturated carbocycles. The van der Waals surface area contributed by atoms with Crippen molar-refractivity contribution in [3.8, 4) is 0 Å². The van der Waals surface area contributed by atoms with Crippen LogP contribution in [0.2, 0.25) is 0 Å². The number of carbonyl (C=O) groups is 2. The van der Waals surface area contributed by atoms with Crippen molar-refractivity contribution in [1.29, 1.82) is 0 Å². The molecule has 0 aliphatic heterocycles. The molecule has 4 nitrogen and oxygen atoms in total. The third-order valence-electron chi connectivity index (χ3n) is 5.00. The summed E-state index contributed by atoms with van der Waals surface area (Å²) >= 11 is 0. The zero-order valence-electron chi connectivity index (χ0n) is 14.9. The normalized spacial score (nSPS) is 19.4. The second-order valence-corrected chi connectivity index (χ2v) is 7.71. The first kappa shape index (κ1) is 16.7. The van der Waals surface area contributed by atoms with Gasteiger partial charge in [-0.15, -0.1) is 0 Å². The fourth-order valence-electron chi connectivity index (χ4n) is 3.83. The molecule has 1 aromatic heterocycles. The van der Waals surface area contributed by atoms with Crippen LogP contribution in [0.4, 0.5) is 0 Å². The summed E-state index contributed by atoms with van der Waals surface area (Å²) in [5.74, 6) is 0.0230. The first-order chi connectivity index (χ1) is 11.3. The van der Waals surface area contributed by atoms with Crippen molar-refractivity contribution in [2.75, 3.05) is 7.11 Å². The van der Waals surface area contributed by atoms with Gasteiger partial charge in [0, 0.05) is 36.0 Å². The van der Waals surface area contributed by atoms with E-state index >= 15 is 0 Å².